The molecule has 6 heteroatoms. The molecule has 2 heterocycles. The van der Waals surface area contributed by atoms with E-state index in [4.69, 9.17) is 9.47 Å². The summed E-state index contributed by atoms with van der Waals surface area (Å²) in [5.41, 5.74) is 5.30. The largest absolute Gasteiger partial charge is 0.456 e. The fourth-order valence-corrected chi connectivity index (χ4v) is 5.95. The van der Waals surface area contributed by atoms with E-state index in [2.05, 4.69) is 49.9 Å². The highest BCUT2D eigenvalue weighted by molar-refractivity contribution is 5.94. The lowest BCUT2D eigenvalue weighted by Crippen LogP contribution is -2.39. The van der Waals surface area contributed by atoms with Crippen LogP contribution in [-0.4, -0.2) is 52.4 Å². The number of piperidine rings is 1. The van der Waals surface area contributed by atoms with Gasteiger partial charge in [-0.05, 0) is 134 Å². The third-order valence-corrected chi connectivity index (χ3v) is 7.81. The summed E-state index contributed by atoms with van der Waals surface area (Å²) in [7, 11) is 0. The molecule has 0 amide bonds. The molecule has 2 atom stereocenters. The number of carbonyl (C=O) groups excluding carboxylic acids is 2. The Balaban J connectivity index is 1.66. The molecule has 4 rings (SSSR count). The van der Waals surface area contributed by atoms with Crippen LogP contribution < -0.4 is 0 Å². The third kappa shape index (κ3) is 6.77. The van der Waals surface area contributed by atoms with Crippen molar-refractivity contribution in [2.75, 3.05) is 19.6 Å². The van der Waals surface area contributed by atoms with Crippen molar-refractivity contribution in [3.8, 4) is 0 Å². The van der Waals surface area contributed by atoms with Crippen LogP contribution in [0.25, 0.3) is 10.9 Å². The number of fused-ring (bicyclic) bond motifs is 1. The van der Waals surface area contributed by atoms with Crippen LogP contribution in [0, 0.1) is 19.8 Å². The molecule has 0 spiro atoms. The van der Waals surface area contributed by atoms with Gasteiger partial charge in [-0.15, -0.1) is 0 Å². The highest BCUT2D eigenvalue weighted by Gasteiger charge is 2.32. The number of likely N-dealkylation sites (N-methyl/N-ethyl adjacent to an activating group) is 1. The molecule has 1 aromatic heterocycles. The van der Waals surface area contributed by atoms with E-state index in [1.165, 1.54) is 16.7 Å². The Morgan fingerprint density at radius 3 is 2.17 bits per heavy atom. The van der Waals surface area contributed by atoms with Gasteiger partial charge in [-0.1, -0.05) is 25.1 Å². The van der Waals surface area contributed by atoms with Crippen molar-refractivity contribution >= 4 is 23.0 Å². The van der Waals surface area contributed by atoms with Crippen molar-refractivity contribution in [1.29, 1.82) is 0 Å². The molecule has 0 radical (unpaired) electrons. The lowest BCUT2D eigenvalue weighted by atomic mass is 9.76. The number of likely N-dealkylation sites (tertiary alicyclic amines) is 1. The van der Waals surface area contributed by atoms with E-state index < -0.39 is 11.2 Å². The Morgan fingerprint density at radius 1 is 0.925 bits per heavy atom. The van der Waals surface area contributed by atoms with Gasteiger partial charge in [-0.3, -0.25) is 4.57 Å². The number of ether oxygens (including phenoxy) is 2. The van der Waals surface area contributed by atoms with Crippen LogP contribution in [0.1, 0.15) is 93.4 Å². The highest BCUT2D eigenvalue weighted by Crippen LogP contribution is 2.38. The van der Waals surface area contributed by atoms with E-state index in [0.717, 1.165) is 48.9 Å². The van der Waals surface area contributed by atoms with E-state index in [1.807, 2.05) is 59.9 Å². The van der Waals surface area contributed by atoms with Gasteiger partial charge in [-0.25, -0.2) is 9.59 Å². The van der Waals surface area contributed by atoms with Crippen LogP contribution >= 0.6 is 0 Å². The molecule has 0 aliphatic carbocycles. The Morgan fingerprint density at radius 2 is 1.57 bits per heavy atom. The second-order valence-electron chi connectivity index (χ2n) is 13.3. The number of hydrogen-bond acceptors (Lipinski definition) is 5. The predicted molar refractivity (Wildman–Crippen MR) is 161 cm³/mol. The third-order valence-electron chi connectivity index (χ3n) is 7.81. The summed E-state index contributed by atoms with van der Waals surface area (Å²) < 4.78 is 12.9. The normalized spacial score (nSPS) is 18.6. The smallest absolute Gasteiger partial charge is 0.418 e. The summed E-state index contributed by atoms with van der Waals surface area (Å²) in [6.07, 6.45) is 3.52. The van der Waals surface area contributed by atoms with Crippen molar-refractivity contribution in [1.82, 2.24) is 9.47 Å². The summed E-state index contributed by atoms with van der Waals surface area (Å²) >= 11 is 0. The number of hydrogen-bond donors (Lipinski definition) is 0. The lowest BCUT2D eigenvalue weighted by molar-refractivity contribution is 0.00691. The van der Waals surface area contributed by atoms with Gasteiger partial charge >= 0.3 is 12.1 Å². The fourth-order valence-electron chi connectivity index (χ4n) is 5.95. The molecular formula is C34H46N2O4. The molecular weight excluding hydrogens is 500 g/mol. The maximum absolute atomic E-state index is 13.0. The average molecular weight is 547 g/mol. The number of rotatable bonds is 5. The number of esters is 1. The Kier molecular flexibility index (Phi) is 8.51. The molecule has 1 aliphatic rings. The predicted octanol–water partition coefficient (Wildman–Crippen LogP) is 7.66. The van der Waals surface area contributed by atoms with Crippen LogP contribution in [0.15, 0.2) is 42.6 Å². The highest BCUT2D eigenvalue weighted by atomic mass is 16.6. The minimum Gasteiger partial charge on any atom is -0.456 e. The molecule has 3 aromatic rings. The fraction of sp³-hybridized carbons (Fsp3) is 0.529. The zero-order valence-electron chi connectivity index (χ0n) is 25.8. The molecule has 2 aromatic carbocycles. The van der Waals surface area contributed by atoms with E-state index in [0.29, 0.717) is 17.4 Å². The molecule has 1 aliphatic heterocycles. The second-order valence-corrected chi connectivity index (χ2v) is 13.3. The summed E-state index contributed by atoms with van der Waals surface area (Å²) in [5.74, 6) is 0.483. The molecule has 0 saturated carbocycles. The second kappa shape index (κ2) is 11.4. The molecule has 216 valence electrons. The van der Waals surface area contributed by atoms with Gasteiger partial charge in [-0.2, -0.15) is 0 Å². The molecule has 0 N–H and O–H groups in total. The summed E-state index contributed by atoms with van der Waals surface area (Å²) in [6, 6.07) is 12.3. The maximum Gasteiger partial charge on any atom is 0.418 e. The number of carbonyl (C=O) groups is 2. The number of aryl methyl sites for hydroxylation is 2. The Hall–Kier alpha value is -3.12. The van der Waals surface area contributed by atoms with Crippen LogP contribution in [0.3, 0.4) is 0 Å². The van der Waals surface area contributed by atoms with Crippen molar-refractivity contribution in [2.45, 2.75) is 92.3 Å². The maximum atomic E-state index is 13.0. The zero-order chi connectivity index (χ0) is 29.4. The van der Waals surface area contributed by atoms with E-state index in [9.17, 15) is 9.59 Å². The van der Waals surface area contributed by atoms with Gasteiger partial charge in [0.25, 0.3) is 0 Å². The van der Waals surface area contributed by atoms with Gasteiger partial charge in [0.2, 0.25) is 0 Å². The number of nitrogens with zero attached hydrogens (tertiary/aromatic N) is 2. The first-order chi connectivity index (χ1) is 18.7. The Labute approximate surface area is 239 Å². The van der Waals surface area contributed by atoms with Gasteiger partial charge in [0.05, 0.1) is 11.1 Å². The number of benzene rings is 2. The van der Waals surface area contributed by atoms with E-state index in [1.54, 1.807) is 4.57 Å². The average Bonchev–Trinajstić information content (AvgIpc) is 3.31. The van der Waals surface area contributed by atoms with Crippen molar-refractivity contribution < 1.29 is 19.1 Å². The van der Waals surface area contributed by atoms with Gasteiger partial charge in [0, 0.05) is 18.1 Å². The first-order valence-electron chi connectivity index (χ1n) is 14.6. The van der Waals surface area contributed by atoms with Crippen molar-refractivity contribution in [3.05, 3.63) is 70.4 Å². The minimum atomic E-state index is -0.561. The van der Waals surface area contributed by atoms with Crippen LogP contribution in [0.2, 0.25) is 0 Å². The van der Waals surface area contributed by atoms with Gasteiger partial charge in [0.1, 0.15) is 11.2 Å². The van der Waals surface area contributed by atoms with Crippen LogP contribution in [0.4, 0.5) is 4.79 Å². The summed E-state index contributed by atoms with van der Waals surface area (Å²) in [4.78, 5) is 28.2. The minimum absolute atomic E-state index is 0.290. The molecule has 40 heavy (non-hydrogen) atoms. The standard InChI is InChI=1S/C34H46N2O4/c1-10-35-17-15-26(29(21-35)24-11-13-25(14-12-24)31(37)39-33(4,5)6)20-28-22(2)19-23(3)30-27(28)16-18-36(30)32(38)40-34(7,8)9/h11-14,16,18-19,26,29H,10,15,17,20-21H2,1-9H3/t26-,29-/m0/s1. The lowest BCUT2D eigenvalue weighted by Gasteiger charge is -2.39. The quantitative estimate of drug-likeness (QED) is 0.307. The van der Waals surface area contributed by atoms with Crippen LogP contribution in [0.5, 0.6) is 0 Å². The van der Waals surface area contributed by atoms with E-state index >= 15 is 0 Å². The monoisotopic (exact) mass is 546 g/mol. The van der Waals surface area contributed by atoms with Crippen molar-refractivity contribution in [2.24, 2.45) is 5.92 Å². The number of aromatic nitrogens is 1. The molecule has 0 bridgehead atoms. The van der Waals surface area contributed by atoms with Gasteiger partial charge in [0.15, 0.2) is 0 Å². The van der Waals surface area contributed by atoms with Gasteiger partial charge < -0.3 is 14.4 Å². The van der Waals surface area contributed by atoms with Crippen LogP contribution in [-0.2, 0) is 15.9 Å². The van der Waals surface area contributed by atoms with Crippen molar-refractivity contribution in [3.63, 3.8) is 0 Å². The zero-order valence-corrected chi connectivity index (χ0v) is 25.8. The summed E-state index contributed by atoms with van der Waals surface area (Å²) in [6.45, 7) is 20.9. The molecule has 6 nitrogen and oxygen atoms in total. The molecule has 1 saturated heterocycles. The first kappa shape index (κ1) is 29.9. The topological polar surface area (TPSA) is 60.8 Å². The summed E-state index contributed by atoms with van der Waals surface area (Å²) in [5, 5.41) is 1.13. The SMILES string of the molecule is CCN1CC[C@@H](Cc2c(C)cc(C)c3c2ccn3C(=O)OC(C)(C)C)[C@H](c2ccc(C(=O)OC(C)(C)C)cc2)C1. The first-order valence-corrected chi connectivity index (χ1v) is 14.6. The van der Waals surface area contributed by atoms with E-state index in [-0.39, 0.29) is 12.1 Å². The molecule has 1 fully saturated rings. The molecule has 0 unspecified atom stereocenters. The Bertz CT molecular complexity index is 1370.